The highest BCUT2D eigenvalue weighted by atomic mass is 16.6. The number of unbranched alkanes of at least 4 members (excludes halogenated alkanes) is 32. The molecule has 0 aromatic heterocycles. The molecule has 0 bridgehead atoms. The molecule has 0 fully saturated rings. The van der Waals surface area contributed by atoms with Gasteiger partial charge in [0.15, 0.2) is 6.10 Å². The van der Waals surface area contributed by atoms with Crippen molar-refractivity contribution in [3.63, 3.8) is 0 Å². The molecule has 6 nitrogen and oxygen atoms in total. The van der Waals surface area contributed by atoms with Crippen molar-refractivity contribution in [2.45, 2.75) is 309 Å². The molecule has 71 heavy (non-hydrogen) atoms. The molecule has 410 valence electrons. The Morgan fingerprint density at radius 3 is 0.873 bits per heavy atom. The van der Waals surface area contributed by atoms with Crippen LogP contribution in [0.4, 0.5) is 0 Å². The molecule has 0 rings (SSSR count). The fraction of sp³-hybridized carbons (Fsp3) is 0.769. The second-order valence-electron chi connectivity index (χ2n) is 20.2. The SMILES string of the molecule is CC/C=C\C/C=C\C/C=C\C/C=C\CCCCCCCCC(=O)OCC(COC(=O)CCCCCCC/C=C\CCCCCCCC)OC(=O)CCCCCCCCCCC/C=C\CCCCCCCC. The molecular formula is C65H114O6. The van der Waals surface area contributed by atoms with E-state index in [-0.39, 0.29) is 31.1 Å². The lowest BCUT2D eigenvalue weighted by Gasteiger charge is -2.18. The molecule has 6 heteroatoms. The van der Waals surface area contributed by atoms with Crippen LogP contribution < -0.4 is 0 Å². The zero-order valence-corrected chi connectivity index (χ0v) is 47.0. The van der Waals surface area contributed by atoms with E-state index in [1.807, 2.05) is 0 Å². The summed E-state index contributed by atoms with van der Waals surface area (Å²) in [4.78, 5) is 38.3. The van der Waals surface area contributed by atoms with Crippen molar-refractivity contribution in [1.82, 2.24) is 0 Å². The largest absolute Gasteiger partial charge is 0.462 e. The fourth-order valence-corrected chi connectivity index (χ4v) is 8.60. The highest BCUT2D eigenvalue weighted by Gasteiger charge is 2.19. The van der Waals surface area contributed by atoms with Crippen LogP contribution in [0.2, 0.25) is 0 Å². The van der Waals surface area contributed by atoms with Gasteiger partial charge in [-0.1, -0.05) is 248 Å². The Kier molecular flexibility index (Phi) is 56.8. The summed E-state index contributed by atoms with van der Waals surface area (Å²) in [5, 5.41) is 0. The molecule has 0 spiro atoms. The third kappa shape index (κ3) is 57.6. The standard InChI is InChI=1S/C65H114O6/c1-4-7-10-13-16-19-22-25-28-30-32-34-37-40-43-46-49-52-55-58-64(67)70-61-62(60-69-63(66)57-54-51-48-45-42-39-36-27-24-21-18-15-12-9-6-3)71-65(68)59-56-53-50-47-44-41-38-35-33-31-29-26-23-20-17-14-11-8-5-2/h7,10,16,19,25-29,32,34,36,62H,4-6,8-9,11-15,17-18,20-24,30-31,33,35,37-61H2,1-3H3/b10-7-,19-16-,28-25-,29-26-,34-32-,36-27-. The molecule has 0 aromatic carbocycles. The lowest BCUT2D eigenvalue weighted by molar-refractivity contribution is -0.167. The van der Waals surface area contributed by atoms with E-state index in [0.717, 1.165) is 96.3 Å². The second-order valence-corrected chi connectivity index (χ2v) is 20.2. The van der Waals surface area contributed by atoms with Crippen LogP contribution in [0.1, 0.15) is 303 Å². The van der Waals surface area contributed by atoms with Crippen LogP contribution in [0.5, 0.6) is 0 Å². The first-order valence-corrected chi connectivity index (χ1v) is 30.4. The smallest absolute Gasteiger partial charge is 0.306 e. The Bertz CT molecular complexity index is 1320. The molecule has 0 radical (unpaired) electrons. The van der Waals surface area contributed by atoms with Gasteiger partial charge in [-0.05, 0) is 109 Å². The van der Waals surface area contributed by atoms with Gasteiger partial charge in [-0.2, -0.15) is 0 Å². The molecule has 1 unspecified atom stereocenters. The summed E-state index contributed by atoms with van der Waals surface area (Å²) in [6.45, 7) is 6.53. The number of ether oxygens (including phenoxy) is 3. The quantitative estimate of drug-likeness (QED) is 0.0261. The Morgan fingerprint density at radius 2 is 0.549 bits per heavy atom. The van der Waals surface area contributed by atoms with E-state index in [4.69, 9.17) is 14.2 Å². The van der Waals surface area contributed by atoms with E-state index in [2.05, 4.69) is 93.7 Å². The Labute approximate surface area is 440 Å². The molecular weight excluding hydrogens is 877 g/mol. The van der Waals surface area contributed by atoms with Gasteiger partial charge in [0, 0.05) is 19.3 Å². The van der Waals surface area contributed by atoms with Crippen LogP contribution in [0.15, 0.2) is 72.9 Å². The molecule has 0 saturated carbocycles. The highest BCUT2D eigenvalue weighted by molar-refractivity contribution is 5.71. The number of allylic oxidation sites excluding steroid dienone is 12. The van der Waals surface area contributed by atoms with E-state index in [1.54, 1.807) is 0 Å². The van der Waals surface area contributed by atoms with Crippen LogP contribution >= 0.6 is 0 Å². The monoisotopic (exact) mass is 991 g/mol. The number of hydrogen-bond donors (Lipinski definition) is 0. The van der Waals surface area contributed by atoms with Crippen molar-refractivity contribution in [3.8, 4) is 0 Å². The number of hydrogen-bond acceptors (Lipinski definition) is 6. The zero-order valence-electron chi connectivity index (χ0n) is 47.0. The van der Waals surface area contributed by atoms with Gasteiger partial charge in [0.2, 0.25) is 0 Å². The van der Waals surface area contributed by atoms with Gasteiger partial charge in [0.25, 0.3) is 0 Å². The number of carbonyl (C=O) groups excluding carboxylic acids is 3. The summed E-state index contributed by atoms with van der Waals surface area (Å²) in [6, 6.07) is 0. The maximum atomic E-state index is 12.9. The van der Waals surface area contributed by atoms with Gasteiger partial charge in [0.05, 0.1) is 0 Å². The molecule has 0 aromatic rings. The predicted octanol–water partition coefficient (Wildman–Crippen LogP) is 20.5. The van der Waals surface area contributed by atoms with Gasteiger partial charge in [-0.3, -0.25) is 14.4 Å². The third-order valence-corrected chi connectivity index (χ3v) is 13.2. The van der Waals surface area contributed by atoms with Crippen molar-refractivity contribution >= 4 is 17.9 Å². The summed E-state index contributed by atoms with van der Waals surface area (Å²) >= 11 is 0. The van der Waals surface area contributed by atoms with Gasteiger partial charge < -0.3 is 14.2 Å². The van der Waals surface area contributed by atoms with Crippen LogP contribution in [0.3, 0.4) is 0 Å². The van der Waals surface area contributed by atoms with Gasteiger partial charge in [-0.15, -0.1) is 0 Å². The minimum atomic E-state index is -0.787. The molecule has 0 aliphatic heterocycles. The van der Waals surface area contributed by atoms with Crippen molar-refractivity contribution in [1.29, 1.82) is 0 Å². The van der Waals surface area contributed by atoms with Gasteiger partial charge in [-0.25, -0.2) is 0 Å². The normalized spacial score (nSPS) is 12.5. The van der Waals surface area contributed by atoms with Crippen LogP contribution in [0, 0.1) is 0 Å². The third-order valence-electron chi connectivity index (χ3n) is 13.2. The summed E-state index contributed by atoms with van der Waals surface area (Å²) < 4.78 is 16.9. The lowest BCUT2D eigenvalue weighted by atomic mass is 10.1. The number of esters is 3. The molecule has 0 amide bonds. The van der Waals surface area contributed by atoms with Crippen molar-refractivity contribution in [3.05, 3.63) is 72.9 Å². The molecule has 1 atom stereocenters. The fourth-order valence-electron chi connectivity index (χ4n) is 8.60. The molecule has 0 saturated heterocycles. The topological polar surface area (TPSA) is 78.9 Å². The van der Waals surface area contributed by atoms with E-state index < -0.39 is 6.10 Å². The molecule has 0 aliphatic rings. The lowest BCUT2D eigenvalue weighted by Crippen LogP contribution is -2.30. The minimum absolute atomic E-state index is 0.0840. The Morgan fingerprint density at radius 1 is 0.296 bits per heavy atom. The van der Waals surface area contributed by atoms with Crippen molar-refractivity contribution in [2.75, 3.05) is 13.2 Å². The average molecular weight is 992 g/mol. The summed E-state index contributed by atoms with van der Waals surface area (Å²) in [6.07, 6.45) is 76.1. The van der Waals surface area contributed by atoms with E-state index in [1.165, 1.54) is 167 Å². The maximum absolute atomic E-state index is 12.9. The van der Waals surface area contributed by atoms with E-state index in [9.17, 15) is 14.4 Å². The van der Waals surface area contributed by atoms with Gasteiger partial charge >= 0.3 is 17.9 Å². The van der Waals surface area contributed by atoms with Crippen LogP contribution in [0.25, 0.3) is 0 Å². The summed E-state index contributed by atoms with van der Waals surface area (Å²) in [5.74, 6) is -0.896. The number of carbonyl (C=O) groups is 3. The minimum Gasteiger partial charge on any atom is -0.462 e. The summed E-state index contributed by atoms with van der Waals surface area (Å²) in [7, 11) is 0. The predicted molar refractivity (Wildman–Crippen MR) is 307 cm³/mol. The summed E-state index contributed by atoms with van der Waals surface area (Å²) in [5.41, 5.74) is 0. The van der Waals surface area contributed by atoms with Gasteiger partial charge in [0.1, 0.15) is 13.2 Å². The van der Waals surface area contributed by atoms with Crippen molar-refractivity contribution in [2.24, 2.45) is 0 Å². The Balaban J connectivity index is 4.40. The molecule has 0 N–H and O–H groups in total. The van der Waals surface area contributed by atoms with Crippen LogP contribution in [-0.2, 0) is 28.6 Å². The number of rotatable bonds is 55. The Hall–Kier alpha value is -3.15. The zero-order chi connectivity index (χ0) is 51.4. The van der Waals surface area contributed by atoms with Crippen molar-refractivity contribution < 1.29 is 28.6 Å². The maximum Gasteiger partial charge on any atom is 0.306 e. The van der Waals surface area contributed by atoms with E-state index in [0.29, 0.717) is 19.3 Å². The first-order chi connectivity index (χ1) is 35.0. The average Bonchev–Trinajstić information content (AvgIpc) is 3.37. The molecule has 0 heterocycles. The first-order valence-electron chi connectivity index (χ1n) is 30.4. The first kappa shape index (κ1) is 67.8. The van der Waals surface area contributed by atoms with Crippen LogP contribution in [-0.4, -0.2) is 37.2 Å². The highest BCUT2D eigenvalue weighted by Crippen LogP contribution is 2.16. The second kappa shape index (κ2) is 59.4. The molecule has 0 aliphatic carbocycles. The van der Waals surface area contributed by atoms with E-state index >= 15 is 0 Å².